The van der Waals surface area contributed by atoms with E-state index in [1.807, 2.05) is 0 Å². The normalized spacial score (nSPS) is 24.4. The molecule has 2 rings (SSSR count). The lowest BCUT2D eigenvalue weighted by Gasteiger charge is -2.25. The van der Waals surface area contributed by atoms with E-state index >= 15 is 0 Å². The molecule has 2 nitrogen and oxygen atoms in total. The molecule has 1 saturated heterocycles. The van der Waals surface area contributed by atoms with Gasteiger partial charge in [-0.3, -0.25) is 4.90 Å². The second kappa shape index (κ2) is 6.18. The highest BCUT2D eigenvalue weighted by molar-refractivity contribution is 5.14. The van der Waals surface area contributed by atoms with Crippen LogP contribution >= 0.6 is 0 Å². The number of nitrogens with zero attached hydrogens (tertiary/aromatic N) is 1. The minimum atomic E-state index is 0.818. The molecule has 94 valence electrons. The maximum absolute atomic E-state index is 3.49. The second-order valence-corrected chi connectivity index (χ2v) is 5.21. The Hall–Kier alpha value is -0.860. The molecule has 0 spiro atoms. The van der Waals surface area contributed by atoms with Gasteiger partial charge in [-0.1, -0.05) is 44.2 Å². The van der Waals surface area contributed by atoms with Crippen LogP contribution < -0.4 is 5.32 Å². The van der Waals surface area contributed by atoms with Crippen molar-refractivity contribution in [3.05, 3.63) is 35.9 Å². The van der Waals surface area contributed by atoms with Crippen LogP contribution in [0.5, 0.6) is 0 Å². The molecular weight excluding hydrogens is 208 g/mol. The minimum absolute atomic E-state index is 0.818. The summed E-state index contributed by atoms with van der Waals surface area (Å²) in [5.41, 5.74) is 1.42. The lowest BCUT2D eigenvalue weighted by Crippen LogP contribution is -2.31. The van der Waals surface area contributed by atoms with Gasteiger partial charge in [0.25, 0.3) is 0 Å². The van der Waals surface area contributed by atoms with Gasteiger partial charge >= 0.3 is 0 Å². The molecule has 2 heteroatoms. The largest absolute Gasteiger partial charge is 0.316 e. The van der Waals surface area contributed by atoms with E-state index in [0.717, 1.165) is 24.9 Å². The van der Waals surface area contributed by atoms with E-state index in [1.54, 1.807) is 0 Å². The molecule has 0 bridgehead atoms. The van der Waals surface area contributed by atoms with Crippen LogP contribution in [0, 0.1) is 11.8 Å². The van der Waals surface area contributed by atoms with Crippen LogP contribution in [0.25, 0.3) is 0 Å². The minimum Gasteiger partial charge on any atom is -0.316 e. The highest BCUT2D eigenvalue weighted by Crippen LogP contribution is 2.18. The summed E-state index contributed by atoms with van der Waals surface area (Å²) in [5, 5.41) is 3.49. The molecule has 0 radical (unpaired) electrons. The number of hydrogen-bond acceptors (Lipinski definition) is 2. The second-order valence-electron chi connectivity index (χ2n) is 5.21. The van der Waals surface area contributed by atoms with Crippen LogP contribution in [0.1, 0.15) is 19.4 Å². The van der Waals surface area contributed by atoms with Gasteiger partial charge in [0.05, 0.1) is 0 Å². The summed E-state index contributed by atoms with van der Waals surface area (Å²) in [6.45, 7) is 10.4. The predicted octanol–water partition coefficient (Wildman–Crippen LogP) is 2.36. The average Bonchev–Trinajstić information content (AvgIpc) is 2.75. The highest BCUT2D eigenvalue weighted by Gasteiger charge is 2.24. The third-order valence-electron chi connectivity index (χ3n) is 3.87. The van der Waals surface area contributed by atoms with E-state index in [2.05, 4.69) is 54.4 Å². The van der Waals surface area contributed by atoms with Crippen molar-refractivity contribution in [3.63, 3.8) is 0 Å². The van der Waals surface area contributed by atoms with Gasteiger partial charge in [-0.15, -0.1) is 0 Å². The van der Waals surface area contributed by atoms with Gasteiger partial charge in [0.2, 0.25) is 0 Å². The molecule has 0 aromatic heterocycles. The van der Waals surface area contributed by atoms with Crippen molar-refractivity contribution < 1.29 is 0 Å². The fourth-order valence-electron chi connectivity index (χ4n) is 2.59. The Morgan fingerprint density at radius 1 is 1.24 bits per heavy atom. The molecule has 0 aliphatic carbocycles. The zero-order valence-electron chi connectivity index (χ0n) is 11.0. The Morgan fingerprint density at radius 3 is 2.59 bits per heavy atom. The zero-order valence-corrected chi connectivity index (χ0v) is 11.0. The third-order valence-corrected chi connectivity index (χ3v) is 3.87. The number of nitrogens with one attached hydrogen (secondary N) is 1. The molecule has 1 aromatic carbocycles. The van der Waals surface area contributed by atoms with Crippen molar-refractivity contribution >= 4 is 0 Å². The van der Waals surface area contributed by atoms with Crippen LogP contribution in [0.3, 0.4) is 0 Å². The quantitative estimate of drug-likeness (QED) is 0.838. The first-order valence-corrected chi connectivity index (χ1v) is 6.76. The van der Waals surface area contributed by atoms with E-state index in [0.29, 0.717) is 0 Å². The monoisotopic (exact) mass is 232 g/mol. The topological polar surface area (TPSA) is 15.3 Å². The number of hydrogen-bond donors (Lipinski definition) is 1. The molecule has 17 heavy (non-hydrogen) atoms. The fourth-order valence-corrected chi connectivity index (χ4v) is 2.59. The van der Waals surface area contributed by atoms with Gasteiger partial charge in [-0.05, 0) is 37.0 Å². The van der Waals surface area contributed by atoms with Gasteiger partial charge in [0.1, 0.15) is 0 Å². The maximum Gasteiger partial charge on any atom is 0.0233 e. The van der Waals surface area contributed by atoms with Crippen LogP contribution in [0.15, 0.2) is 30.3 Å². The summed E-state index contributed by atoms with van der Waals surface area (Å²) < 4.78 is 0. The van der Waals surface area contributed by atoms with E-state index in [1.165, 1.54) is 25.2 Å². The first kappa shape index (κ1) is 12.6. The van der Waals surface area contributed by atoms with Crippen molar-refractivity contribution in [2.24, 2.45) is 11.8 Å². The summed E-state index contributed by atoms with van der Waals surface area (Å²) in [6.07, 6.45) is 0. The predicted molar refractivity (Wildman–Crippen MR) is 72.9 cm³/mol. The summed E-state index contributed by atoms with van der Waals surface area (Å²) in [6, 6.07) is 10.8. The maximum atomic E-state index is 3.49. The van der Waals surface area contributed by atoms with Crippen LogP contribution in [-0.2, 0) is 6.54 Å². The van der Waals surface area contributed by atoms with E-state index in [-0.39, 0.29) is 0 Å². The Bertz CT molecular complexity index is 323. The first-order chi connectivity index (χ1) is 8.29. The number of benzene rings is 1. The third kappa shape index (κ3) is 3.55. The standard InChI is InChI=1S/C15H24N2/c1-3-17(11-14-7-5-4-6-8-14)12-15-10-16-9-13(15)2/h4-8,13,15-16H,3,9-12H2,1-2H3. The SMILES string of the molecule is CCN(Cc1ccccc1)CC1CNCC1C. The Morgan fingerprint density at radius 2 is 2.00 bits per heavy atom. The highest BCUT2D eigenvalue weighted by atomic mass is 15.1. The van der Waals surface area contributed by atoms with Crippen LogP contribution in [0.2, 0.25) is 0 Å². The Balaban J connectivity index is 1.88. The lowest BCUT2D eigenvalue weighted by atomic mass is 9.97. The molecule has 1 aliphatic rings. The summed E-state index contributed by atoms with van der Waals surface area (Å²) in [7, 11) is 0. The molecule has 2 unspecified atom stereocenters. The Kier molecular flexibility index (Phi) is 4.57. The van der Waals surface area contributed by atoms with E-state index < -0.39 is 0 Å². The zero-order chi connectivity index (χ0) is 12.1. The smallest absolute Gasteiger partial charge is 0.0233 e. The van der Waals surface area contributed by atoms with E-state index in [4.69, 9.17) is 0 Å². The lowest BCUT2D eigenvalue weighted by molar-refractivity contribution is 0.220. The van der Waals surface area contributed by atoms with Crippen molar-refractivity contribution in [1.82, 2.24) is 10.2 Å². The van der Waals surface area contributed by atoms with E-state index in [9.17, 15) is 0 Å². The van der Waals surface area contributed by atoms with Gasteiger partial charge in [0.15, 0.2) is 0 Å². The van der Waals surface area contributed by atoms with Gasteiger partial charge in [-0.2, -0.15) is 0 Å². The molecule has 1 fully saturated rings. The molecule has 1 aliphatic heterocycles. The van der Waals surface area contributed by atoms with Crippen molar-refractivity contribution in [3.8, 4) is 0 Å². The number of rotatable bonds is 5. The Labute approximate surface area is 105 Å². The van der Waals surface area contributed by atoms with Crippen LogP contribution in [-0.4, -0.2) is 31.1 Å². The first-order valence-electron chi connectivity index (χ1n) is 6.76. The molecule has 1 aromatic rings. The van der Waals surface area contributed by atoms with Crippen LogP contribution in [0.4, 0.5) is 0 Å². The van der Waals surface area contributed by atoms with Crippen molar-refractivity contribution in [2.75, 3.05) is 26.2 Å². The fraction of sp³-hybridized carbons (Fsp3) is 0.600. The molecule has 0 amide bonds. The summed E-state index contributed by atoms with van der Waals surface area (Å²) >= 11 is 0. The molecular formula is C15H24N2. The van der Waals surface area contributed by atoms with Crippen molar-refractivity contribution in [2.45, 2.75) is 20.4 Å². The summed E-state index contributed by atoms with van der Waals surface area (Å²) in [4.78, 5) is 2.56. The van der Waals surface area contributed by atoms with Gasteiger partial charge in [0, 0.05) is 13.1 Å². The molecule has 2 atom stereocenters. The van der Waals surface area contributed by atoms with Gasteiger partial charge in [-0.25, -0.2) is 0 Å². The molecule has 0 saturated carbocycles. The van der Waals surface area contributed by atoms with Gasteiger partial charge < -0.3 is 5.32 Å². The molecule has 1 heterocycles. The molecule has 1 N–H and O–H groups in total. The average molecular weight is 232 g/mol. The van der Waals surface area contributed by atoms with Crippen molar-refractivity contribution in [1.29, 1.82) is 0 Å². The summed E-state index contributed by atoms with van der Waals surface area (Å²) in [5.74, 6) is 1.64.